The van der Waals surface area contributed by atoms with Crippen molar-refractivity contribution in [1.82, 2.24) is 0 Å². The van der Waals surface area contributed by atoms with Gasteiger partial charge in [-0.05, 0) is 12.8 Å². The Morgan fingerprint density at radius 3 is 1.94 bits per heavy atom. The molecule has 0 bridgehead atoms. The summed E-state index contributed by atoms with van der Waals surface area (Å²) in [5.74, 6) is 0. The Kier molecular flexibility index (Phi) is 7.57. The molecule has 0 aliphatic rings. The van der Waals surface area contributed by atoms with Crippen molar-refractivity contribution >= 4 is 16.1 Å². The number of allylic oxidation sites excluding steroid dienone is 1. The van der Waals surface area contributed by atoms with Gasteiger partial charge in [0.05, 0.1) is 0 Å². The SMILES string of the molecule is C=CCCCCCC[Si](C)(C)C[Si](C)(C)C. The van der Waals surface area contributed by atoms with Gasteiger partial charge in [0, 0.05) is 16.1 Å². The average molecular weight is 257 g/mol. The first-order valence-corrected chi connectivity index (χ1v) is 14.0. The molecule has 96 valence electrons. The molecule has 0 nitrogen and oxygen atoms in total. The summed E-state index contributed by atoms with van der Waals surface area (Å²) in [7, 11) is -1.69. The summed E-state index contributed by atoms with van der Waals surface area (Å²) in [4.78, 5) is 0. The summed E-state index contributed by atoms with van der Waals surface area (Å²) >= 11 is 0. The third-order valence-electron chi connectivity index (χ3n) is 3.02. The Balaban J connectivity index is 3.62. The lowest BCUT2D eigenvalue weighted by atomic mass is 10.1. The Labute approximate surface area is 106 Å². The summed E-state index contributed by atoms with van der Waals surface area (Å²) < 4.78 is 0. The van der Waals surface area contributed by atoms with Crippen LogP contribution in [0.25, 0.3) is 0 Å². The molecule has 0 radical (unpaired) electrons. The zero-order chi connectivity index (χ0) is 12.7. The zero-order valence-corrected chi connectivity index (χ0v) is 14.2. The minimum atomic E-state index is -0.866. The van der Waals surface area contributed by atoms with Crippen LogP contribution in [-0.4, -0.2) is 16.1 Å². The van der Waals surface area contributed by atoms with Crippen LogP contribution in [0.5, 0.6) is 0 Å². The predicted molar refractivity (Wildman–Crippen MR) is 83.7 cm³/mol. The van der Waals surface area contributed by atoms with Crippen LogP contribution in [0.4, 0.5) is 0 Å². The first-order valence-electron chi connectivity index (χ1n) is 6.88. The van der Waals surface area contributed by atoms with Gasteiger partial charge in [-0.3, -0.25) is 0 Å². The topological polar surface area (TPSA) is 0 Å². The average Bonchev–Trinajstić information content (AvgIpc) is 2.06. The molecule has 0 amide bonds. The molecule has 0 aromatic heterocycles. The van der Waals surface area contributed by atoms with Crippen LogP contribution in [0.2, 0.25) is 44.4 Å². The molecule has 0 saturated heterocycles. The molecule has 0 heterocycles. The highest BCUT2D eigenvalue weighted by Gasteiger charge is 2.27. The highest BCUT2D eigenvalue weighted by Crippen LogP contribution is 2.25. The molecule has 0 atom stereocenters. The van der Waals surface area contributed by atoms with E-state index in [0.29, 0.717) is 0 Å². The van der Waals surface area contributed by atoms with Crippen molar-refractivity contribution in [2.24, 2.45) is 0 Å². The van der Waals surface area contributed by atoms with Crippen molar-refractivity contribution in [1.29, 1.82) is 0 Å². The molecular weight excluding hydrogens is 224 g/mol. The molecule has 0 saturated carbocycles. The van der Waals surface area contributed by atoms with Gasteiger partial charge in [-0.25, -0.2) is 0 Å². The number of hydrogen-bond donors (Lipinski definition) is 0. The Bertz CT molecular complexity index is 189. The summed E-state index contributed by atoms with van der Waals surface area (Å²) in [6, 6.07) is 1.55. The van der Waals surface area contributed by atoms with Gasteiger partial charge in [-0.1, -0.05) is 69.8 Å². The van der Waals surface area contributed by atoms with Gasteiger partial charge in [0.15, 0.2) is 0 Å². The number of rotatable bonds is 9. The molecule has 0 unspecified atom stereocenters. The molecule has 2 heteroatoms. The highest BCUT2D eigenvalue weighted by molar-refractivity contribution is 6.94. The molecule has 0 aliphatic heterocycles. The van der Waals surface area contributed by atoms with Crippen molar-refractivity contribution < 1.29 is 0 Å². The van der Waals surface area contributed by atoms with Crippen LogP contribution in [0, 0.1) is 0 Å². The fourth-order valence-corrected chi connectivity index (χ4v) is 16.2. The van der Waals surface area contributed by atoms with E-state index in [1.165, 1.54) is 32.1 Å². The normalized spacial score (nSPS) is 12.8. The Hall–Kier alpha value is 0.174. The lowest BCUT2D eigenvalue weighted by molar-refractivity contribution is 0.670. The van der Waals surface area contributed by atoms with E-state index < -0.39 is 16.1 Å². The van der Waals surface area contributed by atoms with Crippen LogP contribution in [0.3, 0.4) is 0 Å². The molecule has 0 aliphatic carbocycles. The number of unbranched alkanes of at least 4 members (excludes halogenated alkanes) is 4. The smallest absolute Gasteiger partial charge is 0.0447 e. The second kappa shape index (κ2) is 7.49. The first kappa shape index (κ1) is 16.2. The van der Waals surface area contributed by atoms with Crippen LogP contribution in [-0.2, 0) is 0 Å². The summed E-state index contributed by atoms with van der Waals surface area (Å²) in [6.07, 6.45) is 8.92. The van der Waals surface area contributed by atoms with Gasteiger partial charge in [0.2, 0.25) is 0 Å². The minimum Gasteiger partial charge on any atom is -0.103 e. The zero-order valence-electron chi connectivity index (χ0n) is 12.2. The molecule has 0 N–H and O–H groups in total. The van der Waals surface area contributed by atoms with E-state index in [0.717, 1.165) is 0 Å². The number of hydrogen-bond acceptors (Lipinski definition) is 0. The minimum absolute atomic E-state index is 0.825. The fourth-order valence-electron chi connectivity index (χ4n) is 2.77. The molecule has 16 heavy (non-hydrogen) atoms. The van der Waals surface area contributed by atoms with E-state index in [-0.39, 0.29) is 0 Å². The van der Waals surface area contributed by atoms with Crippen molar-refractivity contribution in [3.8, 4) is 0 Å². The van der Waals surface area contributed by atoms with Gasteiger partial charge >= 0.3 is 0 Å². The lowest BCUT2D eigenvalue weighted by Crippen LogP contribution is -2.37. The quantitative estimate of drug-likeness (QED) is 0.282. The summed E-state index contributed by atoms with van der Waals surface area (Å²) in [5.41, 5.74) is 1.60. The summed E-state index contributed by atoms with van der Waals surface area (Å²) in [5, 5.41) is 0. The van der Waals surface area contributed by atoms with Gasteiger partial charge in [-0.2, -0.15) is 0 Å². The summed E-state index contributed by atoms with van der Waals surface area (Å²) in [6.45, 7) is 16.5. The molecule has 0 fully saturated rings. The maximum atomic E-state index is 3.77. The van der Waals surface area contributed by atoms with Crippen molar-refractivity contribution in [3.63, 3.8) is 0 Å². The third kappa shape index (κ3) is 10.7. The molecule has 0 rings (SSSR count). The van der Waals surface area contributed by atoms with Crippen molar-refractivity contribution in [2.75, 3.05) is 0 Å². The highest BCUT2D eigenvalue weighted by atomic mass is 28.4. The van der Waals surface area contributed by atoms with Crippen molar-refractivity contribution in [3.05, 3.63) is 12.7 Å². The first-order chi connectivity index (χ1) is 7.27. The monoisotopic (exact) mass is 256 g/mol. The van der Waals surface area contributed by atoms with E-state index in [1.807, 2.05) is 6.08 Å². The molecule has 0 aromatic carbocycles. The van der Waals surface area contributed by atoms with Gasteiger partial charge < -0.3 is 0 Å². The Morgan fingerprint density at radius 2 is 1.44 bits per heavy atom. The molecule has 0 spiro atoms. The van der Waals surface area contributed by atoms with E-state index in [9.17, 15) is 0 Å². The molecule has 0 aromatic rings. The third-order valence-corrected chi connectivity index (χ3v) is 12.8. The second-order valence-electron chi connectivity index (χ2n) is 7.14. The standard InChI is InChI=1S/C14H32Si2/c1-7-8-9-10-11-12-13-16(5,6)14-15(2,3)4/h7H,1,8-14H2,2-6H3. The van der Waals surface area contributed by atoms with E-state index >= 15 is 0 Å². The van der Waals surface area contributed by atoms with Gasteiger partial charge in [0.1, 0.15) is 0 Å². The lowest BCUT2D eigenvalue weighted by Gasteiger charge is -2.29. The van der Waals surface area contributed by atoms with E-state index in [1.54, 1.807) is 11.7 Å². The van der Waals surface area contributed by atoms with Crippen LogP contribution in [0.1, 0.15) is 32.1 Å². The van der Waals surface area contributed by atoms with Crippen molar-refractivity contribution in [2.45, 2.75) is 76.6 Å². The predicted octanol–water partition coefficient (Wildman–Crippen LogP) is 5.71. The van der Waals surface area contributed by atoms with Crippen LogP contribution in [0.15, 0.2) is 12.7 Å². The molecular formula is C14H32Si2. The fraction of sp³-hybridized carbons (Fsp3) is 0.857. The maximum Gasteiger partial charge on any atom is 0.0447 e. The van der Waals surface area contributed by atoms with E-state index in [2.05, 4.69) is 39.3 Å². The largest absolute Gasteiger partial charge is 0.103 e. The van der Waals surface area contributed by atoms with Crippen LogP contribution >= 0.6 is 0 Å². The van der Waals surface area contributed by atoms with E-state index in [4.69, 9.17) is 0 Å². The second-order valence-corrected chi connectivity index (χ2v) is 18.5. The van der Waals surface area contributed by atoms with Gasteiger partial charge in [-0.15, -0.1) is 6.58 Å². The maximum absolute atomic E-state index is 3.77. The van der Waals surface area contributed by atoms with Crippen LogP contribution < -0.4 is 0 Å². The van der Waals surface area contributed by atoms with Gasteiger partial charge in [0.25, 0.3) is 0 Å². The Morgan fingerprint density at radius 1 is 0.875 bits per heavy atom.